The first-order valence-electron chi connectivity index (χ1n) is 17.4. The molecular formula is C36H44FN9O4. The van der Waals surface area contributed by atoms with E-state index >= 15 is 4.39 Å². The van der Waals surface area contributed by atoms with Crippen molar-refractivity contribution in [1.29, 1.82) is 5.26 Å². The van der Waals surface area contributed by atoms with Crippen LogP contribution in [0.5, 0.6) is 5.75 Å². The number of piperazine rings is 1. The van der Waals surface area contributed by atoms with E-state index < -0.39 is 23.7 Å². The number of amides is 2. The predicted octanol–water partition coefficient (Wildman–Crippen LogP) is 2.67. The third kappa shape index (κ3) is 6.95. The number of nitrogens with one attached hydrogen (secondary N) is 2. The summed E-state index contributed by atoms with van der Waals surface area (Å²) in [6.07, 6.45) is 7.07. The number of anilines is 1. The number of benzene rings is 1. The maximum atomic E-state index is 15.7. The third-order valence-electron chi connectivity index (χ3n) is 10.7. The van der Waals surface area contributed by atoms with Crippen LogP contribution in [0.3, 0.4) is 0 Å². The summed E-state index contributed by atoms with van der Waals surface area (Å²) in [5.74, 6) is 0.547. The topological polar surface area (TPSA) is 149 Å². The molecule has 1 aromatic carbocycles. The predicted molar refractivity (Wildman–Crippen MR) is 182 cm³/mol. The van der Waals surface area contributed by atoms with E-state index in [2.05, 4.69) is 66.6 Å². The SMILES string of the molecule is CC1(C)CN(C(=O)[C@@H]2CCC(=O)N2)C[C@@H](F)[C@H]1Oc1ccc(-c2ncnc(NC3=CCC(C)(N4CCN(C5COC5)CC4)C=C3)n2)cc1C#N. The van der Waals surface area contributed by atoms with Crippen molar-refractivity contribution in [3.8, 4) is 23.2 Å². The Morgan fingerprint density at radius 2 is 1.98 bits per heavy atom. The van der Waals surface area contributed by atoms with Gasteiger partial charge >= 0.3 is 0 Å². The summed E-state index contributed by atoms with van der Waals surface area (Å²) in [5, 5.41) is 16.0. The zero-order valence-electron chi connectivity index (χ0n) is 28.8. The third-order valence-corrected chi connectivity index (χ3v) is 10.7. The summed E-state index contributed by atoms with van der Waals surface area (Å²) in [7, 11) is 0. The minimum atomic E-state index is -1.50. The Morgan fingerprint density at radius 1 is 1.18 bits per heavy atom. The molecule has 0 radical (unpaired) electrons. The average Bonchev–Trinajstić information content (AvgIpc) is 3.52. The molecule has 2 N–H and O–H groups in total. The minimum Gasteiger partial charge on any atom is -0.485 e. The first-order chi connectivity index (χ1) is 24.0. The Hall–Kier alpha value is -4.45. The van der Waals surface area contributed by atoms with Crippen LogP contribution < -0.4 is 15.4 Å². The highest BCUT2D eigenvalue weighted by Crippen LogP contribution is 2.37. The number of allylic oxidation sites excluding steroid dienone is 1. The summed E-state index contributed by atoms with van der Waals surface area (Å²) in [6.45, 7) is 11.9. The number of nitriles is 1. The van der Waals surface area contributed by atoms with Crippen molar-refractivity contribution in [2.24, 2.45) is 5.41 Å². The molecule has 4 saturated heterocycles. The van der Waals surface area contributed by atoms with Gasteiger partial charge in [0.25, 0.3) is 0 Å². The van der Waals surface area contributed by atoms with Gasteiger partial charge in [-0.15, -0.1) is 0 Å². The molecule has 5 heterocycles. The van der Waals surface area contributed by atoms with Crippen LogP contribution in [0.4, 0.5) is 10.3 Å². The number of alkyl halides is 1. The van der Waals surface area contributed by atoms with Crippen LogP contribution in [-0.2, 0) is 14.3 Å². The lowest BCUT2D eigenvalue weighted by atomic mass is 9.79. The normalized spacial score (nSPS) is 28.7. The van der Waals surface area contributed by atoms with Gasteiger partial charge < -0.3 is 25.0 Å². The highest BCUT2D eigenvalue weighted by Gasteiger charge is 2.47. The number of piperidine rings is 1. The molecule has 1 aliphatic carbocycles. The minimum absolute atomic E-state index is 0.0600. The lowest BCUT2D eigenvalue weighted by Gasteiger charge is -2.48. The molecule has 7 rings (SSSR count). The van der Waals surface area contributed by atoms with Crippen molar-refractivity contribution < 1.29 is 23.5 Å². The lowest BCUT2D eigenvalue weighted by molar-refractivity contribution is -0.144. The van der Waals surface area contributed by atoms with Crippen molar-refractivity contribution in [2.45, 2.75) is 69.9 Å². The summed E-state index contributed by atoms with van der Waals surface area (Å²) in [4.78, 5) is 44.5. The number of halogens is 1. The fourth-order valence-electron chi connectivity index (χ4n) is 7.57. The lowest BCUT2D eigenvalue weighted by Crippen LogP contribution is -2.61. The summed E-state index contributed by atoms with van der Waals surface area (Å²) >= 11 is 0. The number of carbonyl (C=O) groups excluding carboxylic acids is 2. The molecule has 14 heteroatoms. The zero-order valence-corrected chi connectivity index (χ0v) is 28.8. The standard InChI is InChI=1S/C36H44FN9O4/c1-35(2)21-45(33(48)28-5-7-30(47)42-28)18-27(37)31(35)50-29-6-4-23(16-24(29)17-38)32-39-22-40-34(43-32)41-25-8-10-36(3,11-9-25)46-14-12-44(13-15-46)26-19-49-20-26/h4,6,8-10,16,22,26-28,31H,5,7,11-15,18-21H2,1-3H3,(H,42,47)(H,39,40,41,43)/t27-,28+,31-,36?/m1/s1. The number of carbonyl (C=O) groups is 2. The fourth-order valence-corrected chi connectivity index (χ4v) is 7.57. The van der Waals surface area contributed by atoms with Crippen LogP contribution in [0, 0.1) is 16.7 Å². The summed E-state index contributed by atoms with van der Waals surface area (Å²) in [6, 6.07) is 7.11. The van der Waals surface area contributed by atoms with Gasteiger partial charge in [0.15, 0.2) is 12.0 Å². The van der Waals surface area contributed by atoms with Crippen molar-refractivity contribution >= 4 is 17.8 Å². The second-order valence-corrected chi connectivity index (χ2v) is 14.8. The maximum absolute atomic E-state index is 15.7. The molecule has 2 aromatic rings. The number of likely N-dealkylation sites (tertiary alicyclic amines) is 1. The quantitative estimate of drug-likeness (QED) is 0.423. The fraction of sp³-hybridized carbons (Fsp3) is 0.556. The van der Waals surface area contributed by atoms with Gasteiger partial charge in [-0.05, 0) is 44.0 Å². The number of hydrogen-bond donors (Lipinski definition) is 2. The first kappa shape index (κ1) is 34.0. The van der Waals surface area contributed by atoms with Crippen molar-refractivity contribution in [1.82, 2.24) is 35.0 Å². The second kappa shape index (κ2) is 13.7. The van der Waals surface area contributed by atoms with Gasteiger partial charge in [0, 0.05) is 61.4 Å². The molecule has 1 unspecified atom stereocenters. The van der Waals surface area contributed by atoms with Crippen LogP contribution in [0.2, 0.25) is 0 Å². The van der Waals surface area contributed by atoms with Gasteiger partial charge in [-0.1, -0.05) is 26.0 Å². The van der Waals surface area contributed by atoms with E-state index in [9.17, 15) is 14.9 Å². The summed E-state index contributed by atoms with van der Waals surface area (Å²) in [5.41, 5.74) is 0.871. The molecule has 4 aliphatic heterocycles. The molecular weight excluding hydrogens is 641 g/mol. The smallest absolute Gasteiger partial charge is 0.245 e. The van der Waals surface area contributed by atoms with Crippen LogP contribution in [0.25, 0.3) is 11.4 Å². The number of hydrogen-bond acceptors (Lipinski definition) is 11. The molecule has 1 aromatic heterocycles. The molecule has 264 valence electrons. The van der Waals surface area contributed by atoms with E-state index in [1.54, 1.807) is 18.2 Å². The highest BCUT2D eigenvalue weighted by molar-refractivity contribution is 5.91. The second-order valence-electron chi connectivity index (χ2n) is 14.8. The number of ether oxygens (including phenoxy) is 2. The van der Waals surface area contributed by atoms with E-state index in [0.717, 1.165) is 51.5 Å². The molecule has 4 fully saturated rings. The molecule has 0 saturated carbocycles. The van der Waals surface area contributed by atoms with Gasteiger partial charge in [-0.2, -0.15) is 10.2 Å². The van der Waals surface area contributed by atoms with Crippen LogP contribution in [-0.4, -0.2) is 124 Å². The van der Waals surface area contributed by atoms with Crippen molar-refractivity contribution in [2.75, 3.05) is 57.8 Å². The Bertz CT molecular complexity index is 1730. The van der Waals surface area contributed by atoms with Crippen molar-refractivity contribution in [3.05, 3.63) is 54.0 Å². The molecule has 13 nitrogen and oxygen atoms in total. The Morgan fingerprint density at radius 3 is 2.62 bits per heavy atom. The Balaban J connectivity index is 0.979. The molecule has 5 aliphatic rings. The number of rotatable bonds is 8. The largest absolute Gasteiger partial charge is 0.485 e. The van der Waals surface area contributed by atoms with Gasteiger partial charge in [-0.3, -0.25) is 19.4 Å². The van der Waals surface area contributed by atoms with E-state index in [-0.39, 0.29) is 41.8 Å². The van der Waals surface area contributed by atoms with Crippen molar-refractivity contribution in [3.63, 3.8) is 0 Å². The van der Waals surface area contributed by atoms with E-state index in [1.807, 2.05) is 13.8 Å². The Labute approximate surface area is 291 Å². The van der Waals surface area contributed by atoms with Crippen LogP contribution in [0.1, 0.15) is 45.6 Å². The number of nitrogens with zero attached hydrogens (tertiary/aromatic N) is 7. The zero-order chi connectivity index (χ0) is 35.0. The van der Waals surface area contributed by atoms with Gasteiger partial charge in [0.05, 0.1) is 31.4 Å². The molecule has 4 atom stereocenters. The van der Waals surface area contributed by atoms with E-state index in [1.165, 1.54) is 11.2 Å². The molecule has 0 spiro atoms. The molecule has 2 amide bonds. The molecule has 0 bridgehead atoms. The number of aromatic nitrogens is 3. The highest BCUT2D eigenvalue weighted by atomic mass is 19.1. The maximum Gasteiger partial charge on any atom is 0.245 e. The molecule has 50 heavy (non-hydrogen) atoms. The average molecular weight is 686 g/mol. The first-order valence-corrected chi connectivity index (χ1v) is 17.4. The van der Waals surface area contributed by atoms with Crippen LogP contribution >= 0.6 is 0 Å². The summed E-state index contributed by atoms with van der Waals surface area (Å²) < 4.78 is 27.2. The van der Waals surface area contributed by atoms with E-state index in [0.29, 0.717) is 36.2 Å². The van der Waals surface area contributed by atoms with E-state index in [4.69, 9.17) is 9.47 Å². The van der Waals surface area contributed by atoms with Gasteiger partial charge in [0.1, 0.15) is 30.3 Å². The van der Waals surface area contributed by atoms with Gasteiger partial charge in [-0.25, -0.2) is 14.4 Å². The van der Waals surface area contributed by atoms with Gasteiger partial charge in [0.2, 0.25) is 17.8 Å². The Kier molecular flexibility index (Phi) is 9.32. The van der Waals surface area contributed by atoms with Crippen LogP contribution in [0.15, 0.2) is 48.5 Å². The monoisotopic (exact) mass is 685 g/mol.